The summed E-state index contributed by atoms with van der Waals surface area (Å²) in [5.74, 6) is -0.242. The van der Waals surface area contributed by atoms with Crippen LogP contribution < -0.4 is 0 Å². The number of carbonyl (C=O) groups is 2. The minimum Gasteiger partial charge on any atom is -0.289 e. The summed E-state index contributed by atoms with van der Waals surface area (Å²) in [5, 5.41) is 0.117. The van der Waals surface area contributed by atoms with E-state index in [9.17, 15) is 9.59 Å². The fourth-order valence-corrected chi connectivity index (χ4v) is 6.33. The summed E-state index contributed by atoms with van der Waals surface area (Å²) in [6.07, 6.45) is 8.06. The summed E-state index contributed by atoms with van der Waals surface area (Å²) in [6, 6.07) is 19.0. The molecule has 1 atom stereocenters. The Hall–Kier alpha value is -3.15. The SMILES string of the molecule is O=C1c2ccccc2C(=O)c2c3c(cc(Sc4ccccc4)c21)SC1C=CC=CC1=N3. The summed E-state index contributed by atoms with van der Waals surface area (Å²) in [6.45, 7) is 0. The molecular formula is C26H15NO2S2. The van der Waals surface area contributed by atoms with Gasteiger partial charge in [-0.3, -0.25) is 9.59 Å². The lowest BCUT2D eigenvalue weighted by molar-refractivity contribution is 0.0977. The van der Waals surface area contributed by atoms with E-state index in [2.05, 4.69) is 6.08 Å². The molecule has 0 amide bonds. The van der Waals surface area contributed by atoms with Gasteiger partial charge in [-0.15, -0.1) is 11.8 Å². The quantitative estimate of drug-likeness (QED) is 0.370. The third-order valence-electron chi connectivity index (χ3n) is 5.52. The standard InChI is InChI=1S/C26H15NO2S2/c28-25-16-10-4-5-11-17(16)26(29)23-22(25)20(30-15-8-2-1-3-9-15)14-21-24(23)27-18-12-6-7-13-19(18)31-21/h1-14,19H. The molecule has 5 heteroatoms. The van der Waals surface area contributed by atoms with Gasteiger partial charge in [0.05, 0.1) is 22.2 Å². The van der Waals surface area contributed by atoms with Gasteiger partial charge in [0.15, 0.2) is 11.6 Å². The highest BCUT2D eigenvalue weighted by molar-refractivity contribution is 8.01. The van der Waals surface area contributed by atoms with Crippen LogP contribution in [0, 0.1) is 0 Å². The zero-order chi connectivity index (χ0) is 20.9. The van der Waals surface area contributed by atoms with Gasteiger partial charge in [-0.1, -0.05) is 72.5 Å². The zero-order valence-corrected chi connectivity index (χ0v) is 17.9. The summed E-state index contributed by atoms with van der Waals surface area (Å²) in [7, 11) is 0. The van der Waals surface area contributed by atoms with Gasteiger partial charge < -0.3 is 0 Å². The van der Waals surface area contributed by atoms with Gasteiger partial charge in [0, 0.05) is 31.4 Å². The van der Waals surface area contributed by atoms with Crippen LogP contribution in [0.4, 0.5) is 5.69 Å². The second kappa shape index (κ2) is 7.22. The Morgan fingerprint density at radius 2 is 1.55 bits per heavy atom. The van der Waals surface area contributed by atoms with Gasteiger partial charge in [-0.25, -0.2) is 4.99 Å². The van der Waals surface area contributed by atoms with Crippen molar-refractivity contribution in [3.05, 3.63) is 107 Å². The maximum absolute atomic E-state index is 13.6. The van der Waals surface area contributed by atoms with Gasteiger partial charge >= 0.3 is 0 Å². The lowest BCUT2D eigenvalue weighted by Crippen LogP contribution is -2.24. The third-order valence-corrected chi connectivity index (χ3v) is 7.79. The second-order valence-corrected chi connectivity index (χ2v) is 9.71. The zero-order valence-electron chi connectivity index (χ0n) is 16.2. The number of allylic oxidation sites excluding steroid dienone is 3. The molecule has 3 aromatic carbocycles. The third kappa shape index (κ3) is 2.96. The van der Waals surface area contributed by atoms with Crippen LogP contribution in [-0.4, -0.2) is 22.5 Å². The number of hydrogen-bond donors (Lipinski definition) is 0. The molecule has 1 heterocycles. The minimum absolute atomic E-state index is 0.113. The Kier molecular flexibility index (Phi) is 4.33. The molecular weight excluding hydrogens is 422 g/mol. The van der Waals surface area contributed by atoms with Crippen LogP contribution in [0.25, 0.3) is 0 Å². The van der Waals surface area contributed by atoms with Crippen molar-refractivity contribution in [1.82, 2.24) is 0 Å². The molecule has 31 heavy (non-hydrogen) atoms. The topological polar surface area (TPSA) is 46.5 Å². The molecule has 0 saturated carbocycles. The average molecular weight is 438 g/mol. The molecule has 3 nitrogen and oxygen atoms in total. The van der Waals surface area contributed by atoms with Crippen LogP contribution in [0.3, 0.4) is 0 Å². The number of hydrogen-bond acceptors (Lipinski definition) is 5. The van der Waals surface area contributed by atoms with E-state index in [0.29, 0.717) is 27.9 Å². The van der Waals surface area contributed by atoms with Crippen LogP contribution >= 0.6 is 23.5 Å². The van der Waals surface area contributed by atoms with Crippen LogP contribution in [0.15, 0.2) is 105 Å². The monoisotopic (exact) mass is 437 g/mol. The van der Waals surface area contributed by atoms with Crippen molar-refractivity contribution in [2.45, 2.75) is 19.9 Å². The van der Waals surface area contributed by atoms with Crippen molar-refractivity contribution < 1.29 is 9.59 Å². The Bertz CT molecular complexity index is 1370. The van der Waals surface area contributed by atoms with Crippen molar-refractivity contribution in [2.75, 3.05) is 0 Å². The highest BCUT2D eigenvalue weighted by Gasteiger charge is 2.37. The van der Waals surface area contributed by atoms with E-state index in [1.165, 1.54) is 11.8 Å². The van der Waals surface area contributed by atoms with E-state index in [1.54, 1.807) is 36.0 Å². The molecule has 1 unspecified atom stereocenters. The summed E-state index contributed by atoms with van der Waals surface area (Å²) in [5.41, 5.74) is 3.34. The van der Waals surface area contributed by atoms with Gasteiger partial charge in [0.25, 0.3) is 0 Å². The molecule has 0 fully saturated rings. The van der Waals surface area contributed by atoms with E-state index < -0.39 is 0 Å². The molecule has 0 radical (unpaired) electrons. The lowest BCUT2D eigenvalue weighted by Gasteiger charge is -2.28. The molecule has 2 aliphatic carbocycles. The summed E-state index contributed by atoms with van der Waals surface area (Å²) in [4.78, 5) is 34.8. The first kappa shape index (κ1) is 18.6. The molecule has 0 N–H and O–H groups in total. The minimum atomic E-state index is -0.129. The van der Waals surface area contributed by atoms with Crippen molar-refractivity contribution in [3.63, 3.8) is 0 Å². The number of aliphatic imine (C=N–C) groups is 1. The first-order valence-electron chi connectivity index (χ1n) is 9.93. The normalized spacial score (nSPS) is 18.1. The summed E-state index contributed by atoms with van der Waals surface area (Å²) < 4.78 is 0. The Morgan fingerprint density at radius 3 is 2.32 bits per heavy atom. The molecule has 0 saturated heterocycles. The first-order chi connectivity index (χ1) is 15.2. The number of thioether (sulfide) groups is 1. The predicted molar refractivity (Wildman–Crippen MR) is 125 cm³/mol. The number of ketones is 2. The molecule has 0 aromatic heterocycles. The smallest absolute Gasteiger partial charge is 0.196 e. The predicted octanol–water partition coefficient (Wildman–Crippen LogP) is 6.29. The van der Waals surface area contributed by atoms with E-state index in [1.807, 2.05) is 54.6 Å². The van der Waals surface area contributed by atoms with Gasteiger partial charge in [-0.2, -0.15) is 0 Å². The van der Waals surface area contributed by atoms with Gasteiger partial charge in [0.1, 0.15) is 0 Å². The molecule has 6 rings (SSSR count). The van der Waals surface area contributed by atoms with Gasteiger partial charge in [0.2, 0.25) is 0 Å². The Balaban J connectivity index is 1.62. The van der Waals surface area contributed by atoms with Crippen molar-refractivity contribution in [2.24, 2.45) is 4.99 Å². The molecule has 0 bridgehead atoms. The number of carbonyl (C=O) groups excluding carboxylic acids is 2. The molecule has 1 aliphatic heterocycles. The van der Waals surface area contributed by atoms with Crippen LogP contribution in [0.2, 0.25) is 0 Å². The first-order valence-corrected chi connectivity index (χ1v) is 11.6. The molecule has 0 spiro atoms. The Morgan fingerprint density at radius 1 is 0.839 bits per heavy atom. The van der Waals surface area contributed by atoms with E-state index in [-0.39, 0.29) is 16.8 Å². The maximum Gasteiger partial charge on any atom is 0.196 e. The van der Waals surface area contributed by atoms with Crippen LogP contribution in [0.5, 0.6) is 0 Å². The fraction of sp³-hybridized carbons (Fsp3) is 0.0385. The average Bonchev–Trinajstić information content (AvgIpc) is 2.81. The number of nitrogens with zero attached hydrogens (tertiary/aromatic N) is 1. The maximum atomic E-state index is 13.6. The lowest BCUT2D eigenvalue weighted by atomic mass is 9.83. The van der Waals surface area contributed by atoms with Crippen LogP contribution in [-0.2, 0) is 0 Å². The molecule has 3 aliphatic rings. The van der Waals surface area contributed by atoms with E-state index >= 15 is 0 Å². The number of benzene rings is 3. The highest BCUT2D eigenvalue weighted by atomic mass is 32.2. The van der Waals surface area contributed by atoms with E-state index in [0.717, 1.165) is 20.4 Å². The number of fused-ring (bicyclic) bond motifs is 5. The van der Waals surface area contributed by atoms with Crippen LogP contribution in [0.1, 0.15) is 31.8 Å². The molecule has 3 aromatic rings. The van der Waals surface area contributed by atoms with Crippen molar-refractivity contribution >= 4 is 46.5 Å². The summed E-state index contributed by atoms with van der Waals surface area (Å²) >= 11 is 3.20. The second-order valence-electron chi connectivity index (χ2n) is 7.41. The van der Waals surface area contributed by atoms with Crippen molar-refractivity contribution in [1.29, 1.82) is 0 Å². The highest BCUT2D eigenvalue weighted by Crippen LogP contribution is 2.49. The van der Waals surface area contributed by atoms with Crippen molar-refractivity contribution in [3.8, 4) is 0 Å². The molecule has 148 valence electrons. The Labute approximate surface area is 188 Å². The largest absolute Gasteiger partial charge is 0.289 e. The number of rotatable bonds is 2. The fourth-order valence-electron chi connectivity index (χ4n) is 4.10. The van der Waals surface area contributed by atoms with Gasteiger partial charge in [-0.05, 0) is 24.3 Å². The van der Waals surface area contributed by atoms with E-state index in [4.69, 9.17) is 4.99 Å².